The van der Waals surface area contributed by atoms with Crippen molar-refractivity contribution in [2.75, 3.05) is 11.9 Å². The Labute approximate surface area is 86.2 Å². The number of nitrogens with one attached hydrogen (secondary N) is 1. The summed E-state index contributed by atoms with van der Waals surface area (Å²) in [6, 6.07) is 1.97. The first-order valence-corrected chi connectivity index (χ1v) is 5.15. The van der Waals surface area contributed by atoms with E-state index in [4.69, 9.17) is 5.11 Å². The van der Waals surface area contributed by atoms with Crippen LogP contribution in [0.4, 0.5) is 5.00 Å². The van der Waals surface area contributed by atoms with Crippen molar-refractivity contribution < 1.29 is 15.0 Å². The van der Waals surface area contributed by atoms with Crippen molar-refractivity contribution >= 4 is 22.3 Å². The van der Waals surface area contributed by atoms with Crippen molar-refractivity contribution in [3.63, 3.8) is 0 Å². The molecule has 3 N–H and O–H groups in total. The Morgan fingerprint density at radius 1 is 1.71 bits per heavy atom. The average Bonchev–Trinajstić information content (AvgIpc) is 2.46. The van der Waals surface area contributed by atoms with E-state index < -0.39 is 12.1 Å². The minimum atomic E-state index is -0.984. The highest BCUT2D eigenvalue weighted by molar-refractivity contribution is 7.14. The summed E-state index contributed by atoms with van der Waals surface area (Å²) >= 11 is 1.54. The molecule has 0 radical (unpaired) electrons. The van der Waals surface area contributed by atoms with Crippen LogP contribution in [0.2, 0.25) is 0 Å². The molecule has 1 unspecified atom stereocenters. The molecule has 14 heavy (non-hydrogen) atoms. The molecule has 0 aliphatic carbocycles. The van der Waals surface area contributed by atoms with Gasteiger partial charge in [0.2, 0.25) is 0 Å². The monoisotopic (exact) mass is 215 g/mol. The molecule has 1 aromatic heterocycles. The zero-order chi connectivity index (χ0) is 10.6. The van der Waals surface area contributed by atoms with Gasteiger partial charge in [-0.2, -0.15) is 0 Å². The first kappa shape index (κ1) is 11.0. The third-order valence-corrected chi connectivity index (χ3v) is 2.74. The second kappa shape index (κ2) is 4.97. The fraction of sp³-hybridized carbons (Fsp3) is 0.444. The zero-order valence-electron chi connectivity index (χ0n) is 7.86. The van der Waals surface area contributed by atoms with Crippen LogP contribution in [0.15, 0.2) is 11.4 Å². The molecule has 5 heteroatoms. The Balaban J connectivity index is 2.34. The van der Waals surface area contributed by atoms with Gasteiger partial charge in [0, 0.05) is 6.54 Å². The van der Waals surface area contributed by atoms with Crippen LogP contribution < -0.4 is 5.32 Å². The molecule has 0 bridgehead atoms. The molecule has 1 aromatic rings. The summed E-state index contributed by atoms with van der Waals surface area (Å²) in [5.41, 5.74) is 1.11. The van der Waals surface area contributed by atoms with E-state index in [2.05, 4.69) is 5.32 Å². The number of carboxylic acids is 1. The van der Waals surface area contributed by atoms with Gasteiger partial charge < -0.3 is 15.5 Å². The van der Waals surface area contributed by atoms with E-state index in [1.807, 2.05) is 18.4 Å². The summed E-state index contributed by atoms with van der Waals surface area (Å²) in [5, 5.41) is 23.6. The lowest BCUT2D eigenvalue weighted by Gasteiger charge is -2.09. The van der Waals surface area contributed by atoms with E-state index in [9.17, 15) is 9.90 Å². The van der Waals surface area contributed by atoms with Gasteiger partial charge in [-0.3, -0.25) is 4.79 Å². The van der Waals surface area contributed by atoms with Crippen molar-refractivity contribution in [2.24, 2.45) is 0 Å². The number of aliphatic carboxylic acids is 1. The van der Waals surface area contributed by atoms with Gasteiger partial charge in [0.1, 0.15) is 0 Å². The SMILES string of the molecule is Cc1ccsc1NCC(O)CC(=O)O. The molecule has 1 rings (SSSR count). The molecule has 0 aromatic carbocycles. The fourth-order valence-electron chi connectivity index (χ4n) is 1.04. The van der Waals surface area contributed by atoms with Gasteiger partial charge >= 0.3 is 5.97 Å². The molecular formula is C9H13NO3S. The third-order valence-electron chi connectivity index (χ3n) is 1.77. The molecule has 0 aliphatic rings. The molecule has 0 aliphatic heterocycles. The van der Waals surface area contributed by atoms with E-state index in [-0.39, 0.29) is 13.0 Å². The normalized spacial score (nSPS) is 12.4. The molecule has 0 saturated carbocycles. The Morgan fingerprint density at radius 2 is 2.43 bits per heavy atom. The summed E-state index contributed by atoms with van der Waals surface area (Å²) in [6.45, 7) is 2.23. The second-order valence-corrected chi connectivity index (χ2v) is 3.98. The van der Waals surface area contributed by atoms with Crippen LogP contribution in [-0.2, 0) is 4.79 Å². The predicted molar refractivity (Wildman–Crippen MR) is 55.8 cm³/mol. The van der Waals surface area contributed by atoms with E-state index in [0.717, 1.165) is 10.6 Å². The first-order valence-electron chi connectivity index (χ1n) is 4.27. The minimum absolute atomic E-state index is 0.225. The number of aliphatic hydroxyl groups excluding tert-OH is 1. The number of rotatable bonds is 5. The van der Waals surface area contributed by atoms with Crippen molar-refractivity contribution in [2.45, 2.75) is 19.4 Å². The summed E-state index contributed by atoms with van der Waals surface area (Å²) in [5.74, 6) is -0.984. The number of carbonyl (C=O) groups is 1. The Kier molecular flexibility index (Phi) is 3.91. The number of thiophene rings is 1. The van der Waals surface area contributed by atoms with Crippen LogP contribution in [0.5, 0.6) is 0 Å². The zero-order valence-corrected chi connectivity index (χ0v) is 8.67. The van der Waals surface area contributed by atoms with E-state index in [0.29, 0.717) is 0 Å². The number of hydrogen-bond acceptors (Lipinski definition) is 4. The van der Waals surface area contributed by atoms with Crippen molar-refractivity contribution in [1.82, 2.24) is 0 Å². The largest absolute Gasteiger partial charge is 0.481 e. The van der Waals surface area contributed by atoms with E-state index in [1.165, 1.54) is 0 Å². The summed E-state index contributed by atoms with van der Waals surface area (Å²) in [7, 11) is 0. The van der Waals surface area contributed by atoms with Crippen LogP contribution in [0.25, 0.3) is 0 Å². The fourth-order valence-corrected chi connectivity index (χ4v) is 1.87. The first-order chi connectivity index (χ1) is 6.59. The van der Waals surface area contributed by atoms with Gasteiger partial charge in [-0.15, -0.1) is 11.3 Å². The number of anilines is 1. The summed E-state index contributed by atoms with van der Waals surface area (Å²) in [4.78, 5) is 10.3. The van der Waals surface area contributed by atoms with Gasteiger partial charge in [0.05, 0.1) is 17.5 Å². The minimum Gasteiger partial charge on any atom is -0.481 e. The van der Waals surface area contributed by atoms with Gasteiger partial charge in [-0.05, 0) is 23.9 Å². The molecule has 1 heterocycles. The van der Waals surface area contributed by atoms with Gasteiger partial charge in [-0.25, -0.2) is 0 Å². The Morgan fingerprint density at radius 3 is 2.93 bits per heavy atom. The average molecular weight is 215 g/mol. The third kappa shape index (κ3) is 3.35. The lowest BCUT2D eigenvalue weighted by Crippen LogP contribution is -2.22. The molecule has 1 atom stereocenters. The summed E-state index contributed by atoms with van der Waals surface area (Å²) in [6.07, 6.45) is -1.06. The van der Waals surface area contributed by atoms with Crippen LogP contribution in [-0.4, -0.2) is 28.8 Å². The molecule has 4 nitrogen and oxygen atoms in total. The standard InChI is InChI=1S/C9H13NO3S/c1-6-2-3-14-9(6)10-5-7(11)4-8(12)13/h2-3,7,10-11H,4-5H2,1H3,(H,12,13). The van der Waals surface area contributed by atoms with Crippen molar-refractivity contribution in [3.05, 3.63) is 17.0 Å². The van der Waals surface area contributed by atoms with E-state index in [1.54, 1.807) is 11.3 Å². The highest BCUT2D eigenvalue weighted by Gasteiger charge is 2.09. The van der Waals surface area contributed by atoms with Gasteiger partial charge in [-0.1, -0.05) is 0 Å². The highest BCUT2D eigenvalue weighted by Crippen LogP contribution is 2.21. The molecular weight excluding hydrogens is 202 g/mol. The smallest absolute Gasteiger partial charge is 0.306 e. The van der Waals surface area contributed by atoms with E-state index >= 15 is 0 Å². The summed E-state index contributed by atoms with van der Waals surface area (Å²) < 4.78 is 0. The van der Waals surface area contributed by atoms with Crippen molar-refractivity contribution in [3.8, 4) is 0 Å². The molecule has 78 valence electrons. The predicted octanol–water partition coefficient (Wildman–Crippen LogP) is 1.30. The number of carboxylic acid groups (broad SMARTS) is 1. The van der Waals surface area contributed by atoms with Gasteiger partial charge in [0.15, 0.2) is 0 Å². The molecule has 0 fully saturated rings. The Bertz CT molecular complexity index is 311. The van der Waals surface area contributed by atoms with Crippen LogP contribution in [0.1, 0.15) is 12.0 Å². The molecule has 0 saturated heterocycles. The number of aliphatic hydroxyl groups is 1. The van der Waals surface area contributed by atoms with Crippen LogP contribution in [0.3, 0.4) is 0 Å². The van der Waals surface area contributed by atoms with Crippen LogP contribution >= 0.6 is 11.3 Å². The second-order valence-electron chi connectivity index (χ2n) is 3.07. The lowest BCUT2D eigenvalue weighted by molar-refractivity contribution is -0.138. The maximum absolute atomic E-state index is 10.3. The molecule has 0 amide bonds. The topological polar surface area (TPSA) is 69.6 Å². The molecule has 0 spiro atoms. The quantitative estimate of drug-likeness (QED) is 0.692. The Hall–Kier alpha value is -1.07. The number of aryl methyl sites for hydroxylation is 1. The van der Waals surface area contributed by atoms with Crippen molar-refractivity contribution in [1.29, 1.82) is 0 Å². The highest BCUT2D eigenvalue weighted by atomic mass is 32.1. The van der Waals surface area contributed by atoms with Gasteiger partial charge in [0.25, 0.3) is 0 Å². The lowest BCUT2D eigenvalue weighted by atomic mass is 10.2. The number of hydrogen-bond donors (Lipinski definition) is 3. The maximum Gasteiger partial charge on any atom is 0.306 e. The van der Waals surface area contributed by atoms with Crippen LogP contribution in [0, 0.1) is 6.92 Å². The maximum atomic E-state index is 10.3.